The van der Waals surface area contributed by atoms with Gasteiger partial charge in [0.15, 0.2) is 6.29 Å². The molecular weight excluding hydrogens is 218 g/mol. The van der Waals surface area contributed by atoms with Crippen LogP contribution in [0.1, 0.15) is 41.0 Å². The molecule has 0 aromatic rings. The van der Waals surface area contributed by atoms with Gasteiger partial charge in [0, 0.05) is 20.3 Å². The summed E-state index contributed by atoms with van der Waals surface area (Å²) in [4.78, 5) is 0. The van der Waals surface area contributed by atoms with Crippen molar-refractivity contribution in [3.05, 3.63) is 0 Å². The molecule has 0 amide bonds. The summed E-state index contributed by atoms with van der Waals surface area (Å²) >= 11 is 0. The van der Waals surface area contributed by atoms with E-state index in [-0.39, 0.29) is 23.5 Å². The van der Waals surface area contributed by atoms with Gasteiger partial charge in [-0.25, -0.2) is 0 Å². The third kappa shape index (κ3) is 3.65. The van der Waals surface area contributed by atoms with Gasteiger partial charge in [0.05, 0.1) is 17.2 Å². The second-order valence-corrected chi connectivity index (χ2v) is 6.02. The van der Waals surface area contributed by atoms with Gasteiger partial charge in [-0.05, 0) is 41.0 Å². The van der Waals surface area contributed by atoms with Crippen molar-refractivity contribution in [3.8, 4) is 0 Å². The average molecular weight is 245 g/mol. The Morgan fingerprint density at radius 3 is 2.06 bits per heavy atom. The van der Waals surface area contributed by atoms with Crippen LogP contribution in [-0.4, -0.2) is 43.8 Å². The van der Waals surface area contributed by atoms with E-state index in [0.29, 0.717) is 6.04 Å². The molecule has 1 heterocycles. The zero-order valence-electron chi connectivity index (χ0n) is 12.2. The van der Waals surface area contributed by atoms with Crippen LogP contribution < -0.4 is 5.32 Å². The molecule has 17 heavy (non-hydrogen) atoms. The van der Waals surface area contributed by atoms with Gasteiger partial charge in [-0.1, -0.05) is 0 Å². The molecule has 0 bridgehead atoms. The number of nitrogens with one attached hydrogen (secondary N) is 1. The molecule has 4 heteroatoms. The molecule has 2 unspecified atom stereocenters. The third-order valence-electron chi connectivity index (χ3n) is 3.41. The fraction of sp³-hybridized carbons (Fsp3) is 1.00. The van der Waals surface area contributed by atoms with E-state index in [1.54, 1.807) is 14.2 Å². The number of hydrogen-bond acceptors (Lipinski definition) is 4. The van der Waals surface area contributed by atoms with E-state index in [2.05, 4.69) is 39.9 Å². The lowest BCUT2D eigenvalue weighted by Gasteiger charge is -2.32. The average Bonchev–Trinajstić information content (AvgIpc) is 2.36. The van der Waals surface area contributed by atoms with Gasteiger partial charge in [0.1, 0.15) is 0 Å². The van der Waals surface area contributed by atoms with Crippen molar-refractivity contribution < 1.29 is 14.2 Å². The Bertz CT molecular complexity index is 249. The Hall–Kier alpha value is -0.160. The lowest BCUT2D eigenvalue weighted by atomic mass is 9.94. The smallest absolute Gasteiger partial charge is 0.171 e. The van der Waals surface area contributed by atoms with Gasteiger partial charge in [0.25, 0.3) is 0 Å². The molecule has 0 aliphatic carbocycles. The maximum absolute atomic E-state index is 6.05. The first kappa shape index (κ1) is 14.9. The highest BCUT2D eigenvalue weighted by atomic mass is 16.7. The van der Waals surface area contributed by atoms with Crippen molar-refractivity contribution in [3.63, 3.8) is 0 Å². The van der Waals surface area contributed by atoms with Gasteiger partial charge in [-0.2, -0.15) is 0 Å². The topological polar surface area (TPSA) is 39.7 Å². The summed E-state index contributed by atoms with van der Waals surface area (Å²) in [6, 6.07) is 0.437. The summed E-state index contributed by atoms with van der Waals surface area (Å²) in [5, 5.41) is 3.55. The summed E-state index contributed by atoms with van der Waals surface area (Å²) in [5.41, 5.74) is -0.236. The van der Waals surface area contributed by atoms with Crippen LogP contribution in [0.15, 0.2) is 0 Å². The predicted molar refractivity (Wildman–Crippen MR) is 68.1 cm³/mol. The molecule has 1 aliphatic heterocycles. The van der Waals surface area contributed by atoms with Crippen molar-refractivity contribution in [2.24, 2.45) is 0 Å². The van der Waals surface area contributed by atoms with Gasteiger partial charge in [0.2, 0.25) is 0 Å². The van der Waals surface area contributed by atoms with Crippen LogP contribution in [0.25, 0.3) is 0 Å². The number of ether oxygens (including phenoxy) is 3. The molecule has 1 aliphatic rings. The Labute approximate surface area is 105 Å². The zero-order valence-corrected chi connectivity index (χ0v) is 12.2. The first-order valence-corrected chi connectivity index (χ1v) is 6.23. The molecular formula is C13H27NO3. The molecule has 0 aromatic heterocycles. The highest BCUT2D eigenvalue weighted by Gasteiger charge is 2.46. The van der Waals surface area contributed by atoms with E-state index < -0.39 is 0 Å². The summed E-state index contributed by atoms with van der Waals surface area (Å²) in [6.07, 6.45) is 0.763. The van der Waals surface area contributed by atoms with E-state index in [0.717, 1.165) is 6.42 Å². The van der Waals surface area contributed by atoms with Crippen LogP contribution in [0, 0.1) is 0 Å². The Kier molecular flexibility index (Phi) is 4.58. The number of methoxy groups -OCH3 is 2. The number of rotatable bonds is 5. The molecule has 1 saturated heterocycles. The fourth-order valence-corrected chi connectivity index (χ4v) is 2.72. The maximum Gasteiger partial charge on any atom is 0.171 e. The van der Waals surface area contributed by atoms with Crippen LogP contribution in [0.2, 0.25) is 0 Å². The predicted octanol–water partition coefficient (Wildman–Crippen LogP) is 1.93. The lowest BCUT2D eigenvalue weighted by molar-refractivity contribution is -0.124. The summed E-state index contributed by atoms with van der Waals surface area (Å²) < 4.78 is 16.6. The van der Waals surface area contributed by atoms with Crippen LogP contribution in [-0.2, 0) is 14.2 Å². The first-order valence-electron chi connectivity index (χ1n) is 6.23. The maximum atomic E-state index is 6.05. The highest BCUT2D eigenvalue weighted by Crippen LogP contribution is 2.37. The molecule has 102 valence electrons. The van der Waals surface area contributed by atoms with E-state index in [1.165, 1.54) is 0 Å². The first-order chi connectivity index (χ1) is 7.72. The monoisotopic (exact) mass is 245 g/mol. The second kappa shape index (κ2) is 5.22. The van der Waals surface area contributed by atoms with Crippen molar-refractivity contribution in [2.45, 2.75) is 70.6 Å². The Morgan fingerprint density at radius 2 is 1.71 bits per heavy atom. The van der Waals surface area contributed by atoms with Crippen molar-refractivity contribution >= 4 is 0 Å². The van der Waals surface area contributed by atoms with E-state index in [9.17, 15) is 0 Å². The molecule has 0 radical (unpaired) electrons. The minimum atomic E-state index is -0.227. The molecule has 0 aromatic carbocycles. The molecule has 0 spiro atoms. The molecule has 1 fully saturated rings. The van der Waals surface area contributed by atoms with Gasteiger partial charge >= 0.3 is 0 Å². The molecule has 1 rings (SSSR count). The summed E-state index contributed by atoms with van der Waals surface area (Å²) in [7, 11) is 3.32. The van der Waals surface area contributed by atoms with Crippen LogP contribution in [0.5, 0.6) is 0 Å². The highest BCUT2D eigenvalue weighted by molar-refractivity contribution is 4.99. The van der Waals surface area contributed by atoms with E-state index in [4.69, 9.17) is 14.2 Å². The van der Waals surface area contributed by atoms with Crippen LogP contribution in [0.4, 0.5) is 0 Å². The Morgan fingerprint density at radius 1 is 1.18 bits per heavy atom. The molecule has 1 N–H and O–H groups in total. The zero-order chi connectivity index (χ0) is 13.3. The van der Waals surface area contributed by atoms with Crippen molar-refractivity contribution in [1.29, 1.82) is 0 Å². The van der Waals surface area contributed by atoms with Crippen LogP contribution in [0.3, 0.4) is 0 Å². The minimum Gasteiger partial charge on any atom is -0.368 e. The number of hydrogen-bond donors (Lipinski definition) is 1. The lowest BCUT2D eigenvalue weighted by Crippen LogP contribution is -2.51. The van der Waals surface area contributed by atoms with Crippen molar-refractivity contribution in [2.75, 3.05) is 14.2 Å². The molecule has 2 atom stereocenters. The van der Waals surface area contributed by atoms with E-state index >= 15 is 0 Å². The van der Waals surface area contributed by atoms with Gasteiger partial charge < -0.3 is 19.5 Å². The van der Waals surface area contributed by atoms with E-state index in [1.807, 2.05) is 0 Å². The summed E-state index contributed by atoms with van der Waals surface area (Å²) in [5.74, 6) is 0. The minimum absolute atomic E-state index is 0.0729. The van der Waals surface area contributed by atoms with Gasteiger partial charge in [-0.3, -0.25) is 0 Å². The summed E-state index contributed by atoms with van der Waals surface area (Å²) in [6.45, 7) is 10.6. The van der Waals surface area contributed by atoms with Gasteiger partial charge in [-0.15, -0.1) is 0 Å². The normalized spacial score (nSPS) is 28.6. The van der Waals surface area contributed by atoms with Crippen molar-refractivity contribution in [1.82, 2.24) is 5.32 Å². The molecule has 4 nitrogen and oxygen atoms in total. The molecule has 0 saturated carbocycles. The largest absolute Gasteiger partial charge is 0.368 e. The Balaban J connectivity index is 2.62. The third-order valence-corrected chi connectivity index (χ3v) is 3.41. The van der Waals surface area contributed by atoms with Crippen LogP contribution >= 0.6 is 0 Å². The standard InChI is InChI=1S/C13H27NO3/c1-9(11(15-6)16-7)14-10-8-12(2,3)17-13(10,4)5/h9-11,14H,8H2,1-7H3. The fourth-order valence-electron chi connectivity index (χ4n) is 2.72. The SMILES string of the molecule is COC(OC)C(C)NC1CC(C)(C)OC1(C)C. The second-order valence-electron chi connectivity index (χ2n) is 6.02. The quantitative estimate of drug-likeness (QED) is 0.751.